The van der Waals surface area contributed by atoms with Gasteiger partial charge in [-0.2, -0.15) is 0 Å². The number of benzene rings is 1. The number of H-pyrrole nitrogens is 1. The summed E-state index contributed by atoms with van der Waals surface area (Å²) in [5.74, 6) is -0.617. The number of alkyl halides is 1. The zero-order valence-electron chi connectivity index (χ0n) is 13.5. The SMILES string of the molecule is Cc1cccc(-c2nc(C(=O)N3C[C@H](F)C[C@H]3C(N)=O)c(C)[nH]2)c1. The van der Waals surface area contributed by atoms with E-state index < -0.39 is 24.0 Å². The van der Waals surface area contributed by atoms with E-state index in [-0.39, 0.29) is 18.7 Å². The zero-order valence-corrected chi connectivity index (χ0v) is 13.5. The predicted octanol–water partition coefficient (Wildman–Crippen LogP) is 1.73. The number of hydrogen-bond acceptors (Lipinski definition) is 3. The standard InChI is InChI=1S/C17H19FN4O2/c1-9-4-3-5-11(6-9)16-20-10(2)14(21-16)17(24)22-8-12(18)7-13(22)15(19)23/h3-6,12-13H,7-8H2,1-2H3,(H2,19,23)(H,20,21)/t12-,13+/m1/s1. The number of carbonyl (C=O) groups is 2. The normalized spacial score (nSPS) is 20.4. The molecule has 1 aromatic heterocycles. The van der Waals surface area contributed by atoms with Gasteiger partial charge in [0.2, 0.25) is 5.91 Å². The number of nitrogens with zero attached hydrogens (tertiary/aromatic N) is 2. The maximum atomic E-state index is 13.6. The summed E-state index contributed by atoms with van der Waals surface area (Å²) >= 11 is 0. The third-order valence-corrected chi connectivity index (χ3v) is 4.22. The molecule has 126 valence electrons. The highest BCUT2D eigenvalue weighted by Crippen LogP contribution is 2.25. The molecule has 1 fully saturated rings. The molecular formula is C17H19FN4O2. The number of amides is 2. The van der Waals surface area contributed by atoms with Crippen LogP contribution in [-0.4, -0.2) is 45.4 Å². The van der Waals surface area contributed by atoms with E-state index in [1.165, 1.54) is 4.90 Å². The molecule has 24 heavy (non-hydrogen) atoms. The highest BCUT2D eigenvalue weighted by atomic mass is 19.1. The highest BCUT2D eigenvalue weighted by Gasteiger charge is 2.40. The molecule has 7 heteroatoms. The number of halogens is 1. The molecule has 2 aromatic rings. The lowest BCUT2D eigenvalue weighted by molar-refractivity contribution is -0.121. The number of carbonyl (C=O) groups excluding carboxylic acids is 2. The number of aromatic amines is 1. The largest absolute Gasteiger partial charge is 0.368 e. The number of aryl methyl sites for hydroxylation is 2. The van der Waals surface area contributed by atoms with E-state index in [1.807, 2.05) is 31.2 Å². The summed E-state index contributed by atoms with van der Waals surface area (Å²) in [6.45, 7) is 3.55. The van der Waals surface area contributed by atoms with Crippen molar-refractivity contribution in [2.45, 2.75) is 32.5 Å². The van der Waals surface area contributed by atoms with Gasteiger partial charge in [-0.05, 0) is 19.9 Å². The maximum absolute atomic E-state index is 13.6. The Morgan fingerprint density at radius 3 is 2.79 bits per heavy atom. The summed E-state index contributed by atoms with van der Waals surface area (Å²) < 4.78 is 13.6. The first-order valence-electron chi connectivity index (χ1n) is 7.75. The van der Waals surface area contributed by atoms with Gasteiger partial charge in [0.05, 0.1) is 6.54 Å². The summed E-state index contributed by atoms with van der Waals surface area (Å²) in [4.78, 5) is 32.8. The van der Waals surface area contributed by atoms with Crippen LogP contribution in [0.5, 0.6) is 0 Å². The number of nitrogens with one attached hydrogen (secondary N) is 1. The van der Waals surface area contributed by atoms with Crippen molar-refractivity contribution >= 4 is 11.8 Å². The Kier molecular flexibility index (Phi) is 4.09. The fourth-order valence-electron chi connectivity index (χ4n) is 3.01. The van der Waals surface area contributed by atoms with Crippen LogP contribution in [0.1, 0.15) is 28.2 Å². The lowest BCUT2D eigenvalue weighted by atomic mass is 10.1. The molecule has 0 aliphatic carbocycles. The van der Waals surface area contributed by atoms with Crippen molar-refractivity contribution < 1.29 is 14.0 Å². The third kappa shape index (κ3) is 2.89. The summed E-state index contributed by atoms with van der Waals surface area (Å²) in [5, 5.41) is 0. The molecule has 3 rings (SSSR count). The van der Waals surface area contributed by atoms with E-state index >= 15 is 0 Å². The average molecular weight is 330 g/mol. The maximum Gasteiger partial charge on any atom is 0.275 e. The lowest BCUT2D eigenvalue weighted by Gasteiger charge is -2.20. The Morgan fingerprint density at radius 1 is 1.38 bits per heavy atom. The van der Waals surface area contributed by atoms with Crippen molar-refractivity contribution in [3.8, 4) is 11.4 Å². The van der Waals surface area contributed by atoms with Crippen LogP contribution in [0.25, 0.3) is 11.4 Å². The first-order chi connectivity index (χ1) is 11.4. The van der Waals surface area contributed by atoms with Crippen molar-refractivity contribution in [1.82, 2.24) is 14.9 Å². The molecule has 2 atom stereocenters. The van der Waals surface area contributed by atoms with Gasteiger partial charge in [0.1, 0.15) is 23.7 Å². The molecule has 1 saturated heterocycles. The van der Waals surface area contributed by atoms with Crippen molar-refractivity contribution in [2.24, 2.45) is 5.73 Å². The van der Waals surface area contributed by atoms with E-state index in [1.54, 1.807) is 6.92 Å². The Balaban J connectivity index is 1.92. The minimum Gasteiger partial charge on any atom is -0.368 e. The molecule has 2 heterocycles. The monoisotopic (exact) mass is 330 g/mol. The summed E-state index contributed by atoms with van der Waals surface area (Å²) in [7, 11) is 0. The van der Waals surface area contributed by atoms with Gasteiger partial charge in [0, 0.05) is 17.7 Å². The van der Waals surface area contributed by atoms with E-state index in [4.69, 9.17) is 5.73 Å². The van der Waals surface area contributed by atoms with Gasteiger partial charge in [-0.25, -0.2) is 9.37 Å². The molecule has 6 nitrogen and oxygen atoms in total. The van der Waals surface area contributed by atoms with Gasteiger partial charge < -0.3 is 15.6 Å². The van der Waals surface area contributed by atoms with Crippen LogP contribution in [0.4, 0.5) is 4.39 Å². The fourth-order valence-corrected chi connectivity index (χ4v) is 3.01. The van der Waals surface area contributed by atoms with Gasteiger partial charge in [0.15, 0.2) is 0 Å². The van der Waals surface area contributed by atoms with Crippen LogP contribution in [-0.2, 0) is 4.79 Å². The van der Waals surface area contributed by atoms with Crippen LogP contribution in [0.15, 0.2) is 24.3 Å². The van der Waals surface area contributed by atoms with E-state index in [0.717, 1.165) is 11.1 Å². The molecule has 0 spiro atoms. The fraction of sp³-hybridized carbons (Fsp3) is 0.353. The number of likely N-dealkylation sites (tertiary alicyclic amines) is 1. The molecular weight excluding hydrogens is 311 g/mol. The second-order valence-electron chi connectivity index (χ2n) is 6.14. The lowest BCUT2D eigenvalue weighted by Crippen LogP contribution is -2.44. The number of primary amides is 1. The van der Waals surface area contributed by atoms with E-state index in [9.17, 15) is 14.0 Å². The smallest absolute Gasteiger partial charge is 0.275 e. The molecule has 0 bridgehead atoms. The van der Waals surface area contributed by atoms with Crippen LogP contribution in [0, 0.1) is 13.8 Å². The molecule has 3 N–H and O–H groups in total. The summed E-state index contributed by atoms with van der Waals surface area (Å²) in [6, 6.07) is 6.78. The number of rotatable bonds is 3. The predicted molar refractivity (Wildman–Crippen MR) is 87.0 cm³/mol. The number of nitrogens with two attached hydrogens (primary N) is 1. The van der Waals surface area contributed by atoms with Gasteiger partial charge in [-0.3, -0.25) is 9.59 Å². The molecule has 2 amide bonds. The van der Waals surface area contributed by atoms with Crippen LogP contribution in [0.2, 0.25) is 0 Å². The summed E-state index contributed by atoms with van der Waals surface area (Å²) in [5.41, 5.74) is 7.97. The molecule has 1 aliphatic heterocycles. The number of aromatic nitrogens is 2. The minimum atomic E-state index is -1.25. The molecule has 0 saturated carbocycles. The second kappa shape index (κ2) is 6.07. The van der Waals surface area contributed by atoms with E-state index in [2.05, 4.69) is 9.97 Å². The van der Waals surface area contributed by atoms with Crippen molar-refractivity contribution in [1.29, 1.82) is 0 Å². The number of imidazole rings is 1. The van der Waals surface area contributed by atoms with Gasteiger partial charge in [-0.1, -0.05) is 23.8 Å². The Hall–Kier alpha value is -2.70. The Bertz CT molecular complexity index is 802. The molecule has 1 aromatic carbocycles. The Labute approximate surface area is 138 Å². The highest BCUT2D eigenvalue weighted by molar-refractivity contribution is 5.97. The van der Waals surface area contributed by atoms with Crippen molar-refractivity contribution in [2.75, 3.05) is 6.54 Å². The van der Waals surface area contributed by atoms with Gasteiger partial charge >= 0.3 is 0 Å². The van der Waals surface area contributed by atoms with Crippen LogP contribution < -0.4 is 5.73 Å². The first kappa shape index (κ1) is 16.2. The van der Waals surface area contributed by atoms with Crippen molar-refractivity contribution in [3.05, 3.63) is 41.2 Å². The quantitative estimate of drug-likeness (QED) is 0.898. The Morgan fingerprint density at radius 2 is 2.12 bits per heavy atom. The molecule has 0 radical (unpaired) electrons. The molecule has 1 aliphatic rings. The second-order valence-corrected chi connectivity index (χ2v) is 6.14. The van der Waals surface area contributed by atoms with Crippen molar-refractivity contribution in [3.63, 3.8) is 0 Å². The average Bonchev–Trinajstić information content (AvgIpc) is 3.10. The van der Waals surface area contributed by atoms with Gasteiger partial charge in [-0.15, -0.1) is 0 Å². The first-order valence-corrected chi connectivity index (χ1v) is 7.75. The number of hydrogen-bond donors (Lipinski definition) is 2. The minimum absolute atomic E-state index is 0.0602. The zero-order chi connectivity index (χ0) is 17.4. The van der Waals surface area contributed by atoms with Crippen LogP contribution >= 0.6 is 0 Å². The van der Waals surface area contributed by atoms with E-state index in [0.29, 0.717) is 11.5 Å². The topological polar surface area (TPSA) is 92.1 Å². The summed E-state index contributed by atoms with van der Waals surface area (Å²) in [6.07, 6.45) is -1.31. The third-order valence-electron chi connectivity index (χ3n) is 4.22. The molecule has 0 unspecified atom stereocenters. The van der Waals surface area contributed by atoms with Crippen LogP contribution in [0.3, 0.4) is 0 Å². The van der Waals surface area contributed by atoms with Gasteiger partial charge in [0.25, 0.3) is 5.91 Å².